The Bertz CT molecular complexity index is 928. The predicted octanol–water partition coefficient (Wildman–Crippen LogP) is 5.13. The van der Waals surface area contributed by atoms with Crippen LogP contribution in [0.1, 0.15) is 18.1 Å². The minimum absolute atomic E-state index is 0. The summed E-state index contributed by atoms with van der Waals surface area (Å²) in [6.07, 6.45) is 1.72. The molecule has 0 atom stereocenters. The highest BCUT2D eigenvalue weighted by molar-refractivity contribution is 14.0. The summed E-state index contributed by atoms with van der Waals surface area (Å²) in [5.74, 6) is 2.17. The van der Waals surface area contributed by atoms with E-state index in [-0.39, 0.29) is 24.0 Å². The summed E-state index contributed by atoms with van der Waals surface area (Å²) in [6.45, 7) is 4.97. The number of aryl methyl sites for hydroxylation is 1. The molecule has 3 N–H and O–H groups in total. The maximum Gasteiger partial charge on any atom is 0.219 e. The quantitative estimate of drug-likeness (QED) is 0.265. The van der Waals surface area contributed by atoms with Crippen LogP contribution in [0, 0.1) is 6.92 Å². The van der Waals surface area contributed by atoms with Gasteiger partial charge in [0.1, 0.15) is 0 Å². The van der Waals surface area contributed by atoms with Crippen LogP contribution in [0.25, 0.3) is 0 Å². The second kappa shape index (κ2) is 11.3. The molecule has 0 saturated carbocycles. The molecule has 0 aliphatic rings. The molecule has 0 radical (unpaired) electrons. The van der Waals surface area contributed by atoms with Crippen molar-refractivity contribution in [3.63, 3.8) is 0 Å². The van der Waals surface area contributed by atoms with Crippen molar-refractivity contribution in [3.8, 4) is 17.4 Å². The molecule has 2 aromatic carbocycles. The van der Waals surface area contributed by atoms with Gasteiger partial charge in [0, 0.05) is 18.0 Å². The van der Waals surface area contributed by atoms with E-state index in [0.29, 0.717) is 36.5 Å². The molecule has 29 heavy (non-hydrogen) atoms. The number of hydrogen-bond donors (Lipinski definition) is 2. The maximum atomic E-state index is 5.95. The molecule has 152 valence electrons. The predicted molar refractivity (Wildman–Crippen MR) is 127 cm³/mol. The Morgan fingerprint density at radius 2 is 1.76 bits per heavy atom. The van der Waals surface area contributed by atoms with Crippen molar-refractivity contribution in [3.05, 3.63) is 78.0 Å². The van der Waals surface area contributed by atoms with Crippen molar-refractivity contribution < 1.29 is 9.47 Å². The van der Waals surface area contributed by atoms with Crippen LogP contribution in [0.4, 0.5) is 5.69 Å². The minimum atomic E-state index is 0. The minimum Gasteiger partial charge on any atom is -0.490 e. The molecular weight excluding hydrogens is 479 g/mol. The van der Waals surface area contributed by atoms with Gasteiger partial charge < -0.3 is 20.5 Å². The molecular formula is C22H25IN4O2. The molecule has 0 bridgehead atoms. The summed E-state index contributed by atoms with van der Waals surface area (Å²) in [5, 5.41) is 3.07. The van der Waals surface area contributed by atoms with E-state index >= 15 is 0 Å². The van der Waals surface area contributed by atoms with Crippen molar-refractivity contribution in [1.29, 1.82) is 0 Å². The molecule has 3 rings (SSSR count). The van der Waals surface area contributed by atoms with E-state index in [1.54, 1.807) is 12.3 Å². The fourth-order valence-corrected chi connectivity index (χ4v) is 2.49. The Balaban J connectivity index is 0.00000300. The number of ether oxygens (including phenoxy) is 2. The Morgan fingerprint density at radius 3 is 2.41 bits per heavy atom. The van der Waals surface area contributed by atoms with Gasteiger partial charge in [0.15, 0.2) is 17.5 Å². The average Bonchev–Trinajstić information content (AvgIpc) is 2.71. The number of nitrogens with two attached hydrogens (primary N) is 1. The zero-order chi connectivity index (χ0) is 19.8. The number of aromatic nitrogens is 1. The van der Waals surface area contributed by atoms with Crippen molar-refractivity contribution in [2.24, 2.45) is 10.7 Å². The molecule has 3 aromatic rings. The van der Waals surface area contributed by atoms with Crippen LogP contribution in [0.15, 0.2) is 71.9 Å². The zero-order valence-electron chi connectivity index (χ0n) is 16.5. The number of rotatable bonds is 7. The smallest absolute Gasteiger partial charge is 0.219 e. The van der Waals surface area contributed by atoms with Gasteiger partial charge in [-0.1, -0.05) is 35.9 Å². The molecule has 6 nitrogen and oxygen atoms in total. The summed E-state index contributed by atoms with van der Waals surface area (Å²) in [7, 11) is 0. The number of nitrogens with zero attached hydrogens (tertiary/aromatic N) is 2. The molecule has 0 saturated heterocycles. The third-order valence-corrected chi connectivity index (χ3v) is 3.92. The highest BCUT2D eigenvalue weighted by Crippen LogP contribution is 2.30. The van der Waals surface area contributed by atoms with Gasteiger partial charge in [0.2, 0.25) is 5.88 Å². The van der Waals surface area contributed by atoms with Crippen LogP contribution < -0.4 is 20.5 Å². The number of halogens is 1. The van der Waals surface area contributed by atoms with Gasteiger partial charge in [-0.25, -0.2) is 9.98 Å². The molecule has 1 heterocycles. The van der Waals surface area contributed by atoms with Crippen molar-refractivity contribution in [2.45, 2.75) is 20.4 Å². The number of aliphatic imine (C=N–C) groups is 1. The third-order valence-electron chi connectivity index (χ3n) is 3.92. The fraction of sp³-hybridized carbons (Fsp3) is 0.182. The van der Waals surface area contributed by atoms with Gasteiger partial charge in [-0.15, -0.1) is 24.0 Å². The van der Waals surface area contributed by atoms with Gasteiger partial charge in [0.25, 0.3) is 0 Å². The Hall–Kier alpha value is -2.81. The van der Waals surface area contributed by atoms with E-state index in [9.17, 15) is 0 Å². The number of guanidine groups is 1. The number of nitrogens with one attached hydrogen (secondary N) is 1. The lowest BCUT2D eigenvalue weighted by Gasteiger charge is -2.10. The summed E-state index contributed by atoms with van der Waals surface area (Å²) in [4.78, 5) is 8.69. The van der Waals surface area contributed by atoms with E-state index in [1.807, 2.05) is 68.4 Å². The van der Waals surface area contributed by atoms with Gasteiger partial charge >= 0.3 is 0 Å². The van der Waals surface area contributed by atoms with Crippen molar-refractivity contribution in [2.75, 3.05) is 11.9 Å². The Kier molecular flexibility index (Phi) is 8.72. The summed E-state index contributed by atoms with van der Waals surface area (Å²) < 4.78 is 11.4. The number of benzene rings is 2. The maximum absolute atomic E-state index is 5.95. The highest BCUT2D eigenvalue weighted by atomic mass is 127. The Morgan fingerprint density at radius 1 is 1.03 bits per heavy atom. The molecule has 0 unspecified atom stereocenters. The molecule has 1 aromatic heterocycles. The van der Waals surface area contributed by atoms with E-state index < -0.39 is 0 Å². The van der Waals surface area contributed by atoms with Crippen molar-refractivity contribution in [1.82, 2.24) is 4.98 Å². The first-order valence-corrected chi connectivity index (χ1v) is 9.12. The largest absolute Gasteiger partial charge is 0.490 e. The second-order valence-corrected chi connectivity index (χ2v) is 6.18. The highest BCUT2D eigenvalue weighted by Gasteiger charge is 2.06. The van der Waals surface area contributed by atoms with E-state index in [1.165, 1.54) is 5.56 Å². The topological polar surface area (TPSA) is 81.8 Å². The molecule has 0 fully saturated rings. The summed E-state index contributed by atoms with van der Waals surface area (Å²) in [5.41, 5.74) is 8.98. The molecule has 0 aliphatic carbocycles. The van der Waals surface area contributed by atoms with E-state index in [0.717, 1.165) is 11.3 Å². The lowest BCUT2D eigenvalue weighted by molar-refractivity contribution is 0.319. The van der Waals surface area contributed by atoms with Crippen LogP contribution in [0.5, 0.6) is 17.4 Å². The second-order valence-electron chi connectivity index (χ2n) is 6.18. The first kappa shape index (κ1) is 22.5. The summed E-state index contributed by atoms with van der Waals surface area (Å²) in [6, 6.07) is 19.2. The summed E-state index contributed by atoms with van der Waals surface area (Å²) >= 11 is 0. The first-order chi connectivity index (χ1) is 13.6. The van der Waals surface area contributed by atoms with Crippen LogP contribution >= 0.6 is 24.0 Å². The molecule has 0 amide bonds. The van der Waals surface area contributed by atoms with Crippen LogP contribution in [0.2, 0.25) is 0 Å². The normalized spacial score (nSPS) is 10.8. The zero-order valence-corrected chi connectivity index (χ0v) is 18.8. The van der Waals surface area contributed by atoms with E-state index in [2.05, 4.69) is 15.3 Å². The molecule has 0 aliphatic heterocycles. The lowest BCUT2D eigenvalue weighted by atomic mass is 10.2. The number of anilines is 1. The van der Waals surface area contributed by atoms with Crippen LogP contribution in [-0.4, -0.2) is 17.6 Å². The SMILES string of the molecule is CCOc1ccccc1Oc1ccc(CN=C(N)Nc2ccc(C)cc2)cn1.I. The van der Waals surface area contributed by atoms with Gasteiger partial charge in [-0.05, 0) is 43.7 Å². The van der Waals surface area contributed by atoms with Gasteiger partial charge in [-0.3, -0.25) is 0 Å². The number of pyridine rings is 1. The third kappa shape index (κ3) is 6.94. The van der Waals surface area contributed by atoms with E-state index in [4.69, 9.17) is 15.2 Å². The number of hydrogen-bond acceptors (Lipinski definition) is 4. The van der Waals surface area contributed by atoms with Crippen molar-refractivity contribution >= 4 is 35.6 Å². The monoisotopic (exact) mass is 504 g/mol. The lowest BCUT2D eigenvalue weighted by Crippen LogP contribution is -2.22. The van der Waals surface area contributed by atoms with Crippen LogP contribution in [0.3, 0.4) is 0 Å². The van der Waals surface area contributed by atoms with Crippen LogP contribution in [-0.2, 0) is 6.54 Å². The van der Waals surface area contributed by atoms with Gasteiger partial charge in [-0.2, -0.15) is 0 Å². The average molecular weight is 504 g/mol. The molecule has 0 spiro atoms. The van der Waals surface area contributed by atoms with Gasteiger partial charge in [0.05, 0.1) is 13.2 Å². The number of para-hydroxylation sites is 2. The standard InChI is InChI=1S/C22H24N4O2.HI/c1-3-27-19-6-4-5-7-20(19)28-21-13-10-17(14-24-21)15-25-22(23)26-18-11-8-16(2)9-12-18;/h4-14H,3,15H2,1-2H3,(H3,23,25,26);1H. The molecule has 7 heteroatoms. The fourth-order valence-electron chi connectivity index (χ4n) is 2.49. The first-order valence-electron chi connectivity index (χ1n) is 9.12. The Labute approximate surface area is 188 Å².